The maximum Gasteiger partial charge on any atom is 0.189 e. The summed E-state index contributed by atoms with van der Waals surface area (Å²) >= 11 is 3.13. The average molecular weight is 464 g/mol. The summed E-state index contributed by atoms with van der Waals surface area (Å²) in [6.07, 6.45) is 0. The van der Waals surface area contributed by atoms with Crippen LogP contribution in [0.1, 0.15) is 39.2 Å². The van der Waals surface area contributed by atoms with Gasteiger partial charge in [-0.2, -0.15) is 0 Å². The number of rotatable bonds is 8. The Kier molecular flexibility index (Phi) is 6.77. The van der Waals surface area contributed by atoms with Gasteiger partial charge in [0.1, 0.15) is 15.7 Å². The third-order valence-corrected chi connectivity index (χ3v) is 7.45. The topological polar surface area (TPSA) is 67.1 Å². The van der Waals surface area contributed by atoms with Gasteiger partial charge in [0.25, 0.3) is 0 Å². The van der Waals surface area contributed by atoms with Crippen molar-refractivity contribution in [3.05, 3.63) is 59.5 Å². The molecule has 4 rings (SSSR count). The molecule has 2 heterocycles. The Morgan fingerprint density at radius 1 is 0.969 bits per heavy atom. The molecular weight excluding hydrogens is 434 g/mol. The van der Waals surface area contributed by atoms with E-state index in [0.29, 0.717) is 11.7 Å². The fourth-order valence-electron chi connectivity index (χ4n) is 3.56. The molecule has 0 aliphatic carbocycles. The van der Waals surface area contributed by atoms with E-state index in [9.17, 15) is 0 Å². The zero-order chi connectivity index (χ0) is 22.7. The van der Waals surface area contributed by atoms with Crippen LogP contribution in [0.2, 0.25) is 0 Å². The normalized spacial score (nSPS) is 11.2. The number of aromatic nitrogens is 2. The smallest absolute Gasteiger partial charge is 0.189 e. The van der Waals surface area contributed by atoms with Crippen molar-refractivity contribution < 1.29 is 0 Å². The number of nitrogens with zero attached hydrogens (tertiary/aromatic N) is 3. The number of hydrogen-bond acceptors (Lipinski definition) is 7. The van der Waals surface area contributed by atoms with Crippen LogP contribution in [-0.4, -0.2) is 23.1 Å². The molecule has 5 nitrogen and oxygen atoms in total. The fraction of sp³-hybridized carbons (Fsp3) is 0.280. The first-order valence-electron chi connectivity index (χ1n) is 10.9. The van der Waals surface area contributed by atoms with Crippen molar-refractivity contribution in [3.8, 4) is 21.1 Å². The van der Waals surface area contributed by atoms with E-state index in [1.165, 1.54) is 22.6 Å². The number of thiazole rings is 2. The lowest BCUT2D eigenvalue weighted by Crippen LogP contribution is -2.21. The standard InChI is InChI=1S/C25H29N5S2/c1-5-30(6-2)20-13-9-18(10-14-20)21-15-31-24(28-21)22-23(26)29-25(32-22)27-19-11-7-17(8-12-19)16(3)4/h7-16H,5-6,26H2,1-4H3,(H,27,29). The maximum atomic E-state index is 6.24. The number of hydrogen-bond donors (Lipinski definition) is 2. The van der Waals surface area contributed by atoms with Gasteiger partial charge in [0.15, 0.2) is 5.13 Å². The van der Waals surface area contributed by atoms with E-state index in [2.05, 4.69) is 96.8 Å². The first-order valence-corrected chi connectivity index (χ1v) is 12.6. The van der Waals surface area contributed by atoms with Gasteiger partial charge in [-0.1, -0.05) is 49.4 Å². The molecule has 0 bridgehead atoms. The van der Waals surface area contributed by atoms with Gasteiger partial charge >= 0.3 is 0 Å². The van der Waals surface area contributed by atoms with Crippen LogP contribution >= 0.6 is 22.7 Å². The molecular formula is C25H29N5S2. The summed E-state index contributed by atoms with van der Waals surface area (Å²) in [5, 5.41) is 7.12. The molecule has 7 heteroatoms. The van der Waals surface area contributed by atoms with Gasteiger partial charge < -0.3 is 16.0 Å². The highest BCUT2D eigenvalue weighted by Gasteiger charge is 2.15. The monoisotopic (exact) mass is 463 g/mol. The minimum atomic E-state index is 0.508. The highest BCUT2D eigenvalue weighted by Crippen LogP contribution is 2.39. The van der Waals surface area contributed by atoms with E-state index in [0.717, 1.165) is 45.1 Å². The molecule has 2 aromatic heterocycles. The van der Waals surface area contributed by atoms with Crippen molar-refractivity contribution >= 4 is 45.0 Å². The first-order chi connectivity index (χ1) is 15.5. The van der Waals surface area contributed by atoms with Crippen LogP contribution in [0.25, 0.3) is 21.1 Å². The molecule has 2 aromatic carbocycles. The summed E-state index contributed by atoms with van der Waals surface area (Å²) in [4.78, 5) is 12.6. The molecule has 166 valence electrons. The minimum Gasteiger partial charge on any atom is -0.382 e. The summed E-state index contributed by atoms with van der Waals surface area (Å²) in [5.41, 5.74) is 11.9. The molecule has 0 saturated heterocycles. The molecule has 0 amide bonds. The zero-order valence-electron chi connectivity index (χ0n) is 18.9. The maximum absolute atomic E-state index is 6.24. The van der Waals surface area contributed by atoms with Crippen LogP contribution in [0, 0.1) is 0 Å². The van der Waals surface area contributed by atoms with Crippen molar-refractivity contribution in [3.63, 3.8) is 0 Å². The quantitative estimate of drug-likeness (QED) is 0.288. The van der Waals surface area contributed by atoms with Crippen molar-refractivity contribution in [2.45, 2.75) is 33.6 Å². The predicted octanol–water partition coefficient (Wildman–Crippen LogP) is 7.23. The van der Waals surface area contributed by atoms with E-state index in [4.69, 9.17) is 10.7 Å². The van der Waals surface area contributed by atoms with Crippen molar-refractivity contribution in [1.29, 1.82) is 0 Å². The molecule has 0 fully saturated rings. The van der Waals surface area contributed by atoms with Crippen LogP contribution in [0.5, 0.6) is 0 Å². The molecule has 0 aliphatic heterocycles. The van der Waals surface area contributed by atoms with Gasteiger partial charge in [0.2, 0.25) is 0 Å². The van der Waals surface area contributed by atoms with Crippen LogP contribution < -0.4 is 16.0 Å². The van der Waals surface area contributed by atoms with Crippen LogP contribution in [0.4, 0.5) is 22.3 Å². The Morgan fingerprint density at radius 2 is 1.66 bits per heavy atom. The highest BCUT2D eigenvalue weighted by molar-refractivity contribution is 7.23. The number of benzene rings is 2. The van der Waals surface area contributed by atoms with Gasteiger partial charge in [0, 0.05) is 35.4 Å². The second-order valence-electron chi connectivity index (χ2n) is 7.89. The van der Waals surface area contributed by atoms with Gasteiger partial charge in [-0.05, 0) is 49.6 Å². The summed E-state index contributed by atoms with van der Waals surface area (Å²) in [6.45, 7) is 10.7. The lowest BCUT2D eigenvalue weighted by molar-refractivity contribution is 0.866. The third-order valence-electron chi connectivity index (χ3n) is 5.47. The second-order valence-corrected chi connectivity index (χ2v) is 9.75. The van der Waals surface area contributed by atoms with Crippen molar-refractivity contribution in [1.82, 2.24) is 9.97 Å². The zero-order valence-corrected chi connectivity index (χ0v) is 20.6. The summed E-state index contributed by atoms with van der Waals surface area (Å²) < 4.78 is 0. The van der Waals surface area contributed by atoms with Gasteiger partial charge in [-0.3, -0.25) is 0 Å². The van der Waals surface area contributed by atoms with E-state index in [1.54, 1.807) is 11.3 Å². The molecule has 32 heavy (non-hydrogen) atoms. The summed E-state index contributed by atoms with van der Waals surface area (Å²) in [6, 6.07) is 17.0. The SMILES string of the molecule is CCN(CC)c1ccc(-c2csc(-c3sc(Nc4ccc(C(C)C)cc4)nc3N)n2)cc1. The number of nitrogens with two attached hydrogens (primary N) is 1. The Morgan fingerprint density at radius 3 is 2.28 bits per heavy atom. The Hall–Kier alpha value is -2.90. The average Bonchev–Trinajstić information content (AvgIpc) is 3.42. The first kappa shape index (κ1) is 22.3. The number of nitrogen functional groups attached to an aromatic ring is 1. The van der Waals surface area contributed by atoms with Crippen molar-refractivity contribution in [2.75, 3.05) is 29.0 Å². The van der Waals surface area contributed by atoms with E-state index >= 15 is 0 Å². The van der Waals surface area contributed by atoms with E-state index in [1.807, 2.05) is 0 Å². The molecule has 0 spiro atoms. The summed E-state index contributed by atoms with van der Waals surface area (Å²) in [5.74, 6) is 1.02. The fourth-order valence-corrected chi connectivity index (χ4v) is 5.39. The van der Waals surface area contributed by atoms with E-state index < -0.39 is 0 Å². The molecule has 3 N–H and O–H groups in total. The molecule has 0 saturated carbocycles. The molecule has 4 aromatic rings. The van der Waals surface area contributed by atoms with Crippen molar-refractivity contribution in [2.24, 2.45) is 0 Å². The lowest BCUT2D eigenvalue weighted by atomic mass is 10.0. The van der Waals surface area contributed by atoms with Crippen LogP contribution in [0.3, 0.4) is 0 Å². The van der Waals surface area contributed by atoms with Crippen LogP contribution in [0.15, 0.2) is 53.9 Å². The van der Waals surface area contributed by atoms with E-state index in [-0.39, 0.29) is 0 Å². The van der Waals surface area contributed by atoms with Crippen LogP contribution in [-0.2, 0) is 0 Å². The predicted molar refractivity (Wildman–Crippen MR) is 140 cm³/mol. The Bertz CT molecular complexity index is 1160. The highest BCUT2D eigenvalue weighted by atomic mass is 32.1. The molecule has 0 radical (unpaired) electrons. The molecule has 0 unspecified atom stereocenters. The second kappa shape index (κ2) is 9.71. The largest absolute Gasteiger partial charge is 0.382 e. The van der Waals surface area contributed by atoms with Gasteiger partial charge in [-0.15, -0.1) is 11.3 Å². The number of nitrogens with one attached hydrogen (secondary N) is 1. The lowest BCUT2D eigenvalue weighted by Gasteiger charge is -2.20. The molecule has 0 aliphatic rings. The Balaban J connectivity index is 1.51. The molecule has 0 atom stereocenters. The van der Waals surface area contributed by atoms with Gasteiger partial charge in [-0.25, -0.2) is 9.97 Å². The third kappa shape index (κ3) is 4.79. The minimum absolute atomic E-state index is 0.508. The Labute approximate surface area is 198 Å². The van der Waals surface area contributed by atoms with Gasteiger partial charge in [0.05, 0.1) is 5.69 Å². The number of anilines is 4. The summed E-state index contributed by atoms with van der Waals surface area (Å²) in [7, 11) is 0.